The molecule has 2 aliphatic rings. The van der Waals surface area contributed by atoms with Crippen LogP contribution < -0.4 is 10.6 Å². The van der Waals surface area contributed by atoms with E-state index in [0.717, 1.165) is 50.0 Å². The molecule has 2 fully saturated rings. The molecule has 0 radical (unpaired) electrons. The van der Waals surface area contributed by atoms with Crippen LogP contribution in [0.15, 0.2) is 30.5 Å². The van der Waals surface area contributed by atoms with Crippen molar-refractivity contribution in [1.82, 2.24) is 20.5 Å². The second-order valence-electron chi connectivity index (χ2n) is 7.48. The van der Waals surface area contributed by atoms with Gasteiger partial charge in [-0.3, -0.25) is 14.7 Å². The van der Waals surface area contributed by atoms with Crippen LogP contribution in [0.5, 0.6) is 0 Å². The first-order valence-electron chi connectivity index (χ1n) is 9.76. The molecule has 6 nitrogen and oxygen atoms in total. The number of nitriles is 1. The van der Waals surface area contributed by atoms with Crippen LogP contribution in [0.25, 0.3) is 10.9 Å². The summed E-state index contributed by atoms with van der Waals surface area (Å²) in [5.41, 5.74) is 2.36. The van der Waals surface area contributed by atoms with Gasteiger partial charge in [0.1, 0.15) is 6.07 Å². The van der Waals surface area contributed by atoms with Gasteiger partial charge >= 0.3 is 0 Å². The molecule has 2 aliphatic heterocycles. The molecule has 0 aliphatic carbocycles. The van der Waals surface area contributed by atoms with E-state index in [0.29, 0.717) is 23.5 Å². The van der Waals surface area contributed by atoms with Gasteiger partial charge in [0.2, 0.25) is 5.91 Å². The lowest BCUT2D eigenvalue weighted by Gasteiger charge is -2.34. The third kappa shape index (κ3) is 3.80. The molecule has 2 saturated heterocycles. The zero-order valence-corrected chi connectivity index (χ0v) is 15.4. The summed E-state index contributed by atoms with van der Waals surface area (Å²) >= 11 is 0. The van der Waals surface area contributed by atoms with E-state index in [4.69, 9.17) is 0 Å². The van der Waals surface area contributed by atoms with Crippen molar-refractivity contribution in [1.29, 1.82) is 5.26 Å². The molecule has 1 unspecified atom stereocenters. The lowest BCUT2D eigenvalue weighted by molar-refractivity contribution is -0.124. The average molecular weight is 363 g/mol. The maximum absolute atomic E-state index is 12.7. The summed E-state index contributed by atoms with van der Waals surface area (Å²) in [6.07, 6.45) is 4.94. The summed E-state index contributed by atoms with van der Waals surface area (Å²) in [4.78, 5) is 19.3. The van der Waals surface area contributed by atoms with Crippen LogP contribution in [0.2, 0.25) is 0 Å². The smallest absolute Gasteiger partial charge is 0.234 e. The number of pyridine rings is 1. The first-order valence-corrected chi connectivity index (χ1v) is 9.76. The number of carbonyl (C=O) groups excluding carboxylic acids is 1. The van der Waals surface area contributed by atoms with Crippen LogP contribution in [0.4, 0.5) is 0 Å². The quantitative estimate of drug-likeness (QED) is 0.849. The number of nitrogens with zero attached hydrogens (tertiary/aromatic N) is 3. The van der Waals surface area contributed by atoms with Crippen LogP contribution in [0.3, 0.4) is 0 Å². The Morgan fingerprint density at radius 3 is 2.85 bits per heavy atom. The molecule has 0 spiro atoms. The number of amides is 1. The molecule has 1 aromatic heterocycles. The largest absolute Gasteiger partial charge is 0.348 e. The fourth-order valence-corrected chi connectivity index (χ4v) is 4.15. The highest BCUT2D eigenvalue weighted by Gasteiger charge is 2.29. The molecule has 0 bridgehead atoms. The van der Waals surface area contributed by atoms with E-state index in [9.17, 15) is 10.1 Å². The van der Waals surface area contributed by atoms with E-state index in [1.54, 1.807) is 6.20 Å². The van der Waals surface area contributed by atoms with Crippen molar-refractivity contribution in [2.24, 2.45) is 5.92 Å². The fourth-order valence-electron chi connectivity index (χ4n) is 4.15. The van der Waals surface area contributed by atoms with Crippen LogP contribution in [0.1, 0.15) is 36.4 Å². The van der Waals surface area contributed by atoms with Gasteiger partial charge in [0.05, 0.1) is 23.7 Å². The van der Waals surface area contributed by atoms with Gasteiger partial charge in [-0.25, -0.2) is 0 Å². The number of hydrogen-bond donors (Lipinski definition) is 2. The van der Waals surface area contributed by atoms with E-state index in [1.165, 1.54) is 6.42 Å². The Balaban J connectivity index is 1.68. The minimum absolute atomic E-state index is 0.0553. The lowest BCUT2D eigenvalue weighted by Crippen LogP contribution is -2.47. The molecule has 2 aromatic rings. The van der Waals surface area contributed by atoms with Crippen LogP contribution >= 0.6 is 0 Å². The molecule has 1 amide bonds. The Bertz CT molecular complexity index is 864. The Morgan fingerprint density at radius 2 is 2.15 bits per heavy atom. The highest BCUT2D eigenvalue weighted by atomic mass is 16.2. The molecular formula is C21H25N5O. The fraction of sp³-hybridized carbons (Fsp3) is 0.476. The number of likely N-dealkylation sites (tertiary alicyclic amines) is 1. The highest BCUT2D eigenvalue weighted by Crippen LogP contribution is 2.34. The molecule has 140 valence electrons. The van der Waals surface area contributed by atoms with Crippen molar-refractivity contribution < 1.29 is 4.79 Å². The number of fused-ring (bicyclic) bond motifs is 1. The monoisotopic (exact) mass is 363 g/mol. The molecule has 1 atom stereocenters. The standard InChI is InChI=1S/C21H25N5O/c22-13-16-4-5-18(17-3-1-8-24-20(16)17)21(15-6-9-23-10-7-15)25-19(27)14-26-11-2-12-26/h1,3-5,8,15,21,23H,2,6-7,9-12,14H2,(H,25,27). The average Bonchev–Trinajstić information content (AvgIpc) is 2.69. The number of piperidine rings is 1. The third-order valence-corrected chi connectivity index (χ3v) is 5.75. The second kappa shape index (κ2) is 8.03. The third-order valence-electron chi connectivity index (χ3n) is 5.75. The Morgan fingerprint density at radius 1 is 1.33 bits per heavy atom. The maximum Gasteiger partial charge on any atom is 0.234 e. The summed E-state index contributed by atoms with van der Waals surface area (Å²) in [7, 11) is 0. The van der Waals surface area contributed by atoms with Crippen LogP contribution in [-0.4, -0.2) is 48.5 Å². The van der Waals surface area contributed by atoms with E-state index in [-0.39, 0.29) is 11.9 Å². The SMILES string of the molecule is N#Cc1ccc(C(NC(=O)CN2CCC2)C2CCNCC2)c2cccnc12. The van der Waals surface area contributed by atoms with Crippen molar-refractivity contribution in [2.45, 2.75) is 25.3 Å². The van der Waals surface area contributed by atoms with Crippen LogP contribution in [0, 0.1) is 17.2 Å². The molecule has 2 N–H and O–H groups in total. The van der Waals surface area contributed by atoms with Gasteiger partial charge in [-0.1, -0.05) is 12.1 Å². The van der Waals surface area contributed by atoms with Crippen LogP contribution in [-0.2, 0) is 4.79 Å². The Hall–Kier alpha value is -2.49. The topological polar surface area (TPSA) is 81.0 Å². The normalized spacial score (nSPS) is 19.2. The number of rotatable bonds is 5. The van der Waals surface area contributed by atoms with Crippen molar-refractivity contribution >= 4 is 16.8 Å². The summed E-state index contributed by atoms with van der Waals surface area (Å²) in [5.74, 6) is 0.461. The number of aromatic nitrogens is 1. The van der Waals surface area contributed by atoms with Crippen molar-refractivity contribution in [3.8, 4) is 6.07 Å². The second-order valence-corrected chi connectivity index (χ2v) is 7.48. The Labute approximate surface area is 159 Å². The molecular weight excluding hydrogens is 338 g/mol. The maximum atomic E-state index is 12.7. The number of nitrogens with one attached hydrogen (secondary N) is 2. The number of carbonyl (C=O) groups is 1. The Kier molecular flexibility index (Phi) is 5.33. The highest BCUT2D eigenvalue weighted by molar-refractivity contribution is 5.88. The molecule has 4 rings (SSSR count). The zero-order chi connectivity index (χ0) is 18.6. The van der Waals surface area contributed by atoms with Crippen molar-refractivity contribution in [2.75, 3.05) is 32.7 Å². The van der Waals surface area contributed by atoms with Gasteiger partial charge in [0.25, 0.3) is 0 Å². The predicted molar refractivity (Wildman–Crippen MR) is 104 cm³/mol. The van der Waals surface area contributed by atoms with Gasteiger partial charge in [-0.15, -0.1) is 0 Å². The minimum atomic E-state index is -0.0553. The van der Waals surface area contributed by atoms with Crippen molar-refractivity contribution in [3.63, 3.8) is 0 Å². The number of hydrogen-bond acceptors (Lipinski definition) is 5. The van der Waals surface area contributed by atoms with Gasteiger partial charge < -0.3 is 10.6 Å². The van der Waals surface area contributed by atoms with Crippen molar-refractivity contribution in [3.05, 3.63) is 41.6 Å². The van der Waals surface area contributed by atoms with E-state index >= 15 is 0 Å². The van der Waals surface area contributed by atoms with E-state index in [1.807, 2.05) is 24.3 Å². The van der Waals surface area contributed by atoms with E-state index in [2.05, 4.69) is 26.6 Å². The van der Waals surface area contributed by atoms with Gasteiger partial charge in [-0.2, -0.15) is 5.26 Å². The van der Waals surface area contributed by atoms with Gasteiger partial charge in [-0.05, 0) is 69.1 Å². The first kappa shape index (κ1) is 17.9. The van der Waals surface area contributed by atoms with Gasteiger partial charge in [0.15, 0.2) is 0 Å². The summed E-state index contributed by atoms with van der Waals surface area (Å²) in [6.45, 7) is 4.42. The summed E-state index contributed by atoms with van der Waals surface area (Å²) in [5, 5.41) is 17.1. The molecule has 3 heterocycles. The minimum Gasteiger partial charge on any atom is -0.348 e. The molecule has 0 saturated carbocycles. The first-order chi connectivity index (χ1) is 13.3. The molecule has 27 heavy (non-hydrogen) atoms. The molecule has 1 aromatic carbocycles. The number of benzene rings is 1. The zero-order valence-electron chi connectivity index (χ0n) is 15.4. The predicted octanol–water partition coefficient (Wildman–Crippen LogP) is 1.97. The lowest BCUT2D eigenvalue weighted by atomic mass is 9.84. The summed E-state index contributed by atoms with van der Waals surface area (Å²) in [6, 6.07) is 9.91. The summed E-state index contributed by atoms with van der Waals surface area (Å²) < 4.78 is 0. The molecule has 6 heteroatoms. The van der Waals surface area contributed by atoms with Gasteiger partial charge in [0, 0.05) is 11.6 Å². The van der Waals surface area contributed by atoms with E-state index < -0.39 is 0 Å².